The summed E-state index contributed by atoms with van der Waals surface area (Å²) in [5, 5.41) is 3.48. The summed E-state index contributed by atoms with van der Waals surface area (Å²) in [5.41, 5.74) is 2.59. The maximum atomic E-state index is 12.7. The number of nitrogens with one attached hydrogen (secondary N) is 1. The third-order valence-corrected chi connectivity index (χ3v) is 1.66. The van der Waals surface area contributed by atoms with Crippen molar-refractivity contribution in [2.45, 2.75) is 27.3 Å². The number of ketones is 1. The zero-order valence-corrected chi connectivity index (χ0v) is 10.4. The van der Waals surface area contributed by atoms with E-state index in [-0.39, 0.29) is 17.9 Å². The highest BCUT2D eigenvalue weighted by Gasteiger charge is 2.09. The molecule has 0 aliphatic rings. The molecule has 0 unspecified atom stereocenters. The fourth-order valence-electron chi connectivity index (χ4n) is 0.984. The van der Waals surface area contributed by atoms with Crippen LogP contribution in [-0.4, -0.2) is 12.0 Å². The highest BCUT2D eigenvalue weighted by Crippen LogP contribution is 2.13. The van der Waals surface area contributed by atoms with E-state index in [1.165, 1.54) is 6.92 Å². The van der Waals surface area contributed by atoms with Crippen molar-refractivity contribution in [3.8, 4) is 0 Å². The first kappa shape index (κ1) is 16.1. The maximum absolute atomic E-state index is 12.7. The molecule has 0 fully saturated rings. The number of halogens is 3. The average molecular weight is 260 g/mol. The zero-order valence-electron chi connectivity index (χ0n) is 10.4. The van der Waals surface area contributed by atoms with Crippen molar-refractivity contribution in [3.05, 3.63) is 35.1 Å². The van der Waals surface area contributed by atoms with Gasteiger partial charge in [-0.25, -0.2) is 13.2 Å². The van der Waals surface area contributed by atoms with Crippen molar-refractivity contribution in [3.63, 3.8) is 0 Å². The summed E-state index contributed by atoms with van der Waals surface area (Å²) in [4.78, 5) is 10.4. The second-order valence-electron chi connectivity index (χ2n) is 3.08. The Morgan fingerprint density at radius 3 is 2.22 bits per heavy atom. The molecule has 0 aliphatic carbocycles. The molecule has 0 aromatic heterocycles. The van der Waals surface area contributed by atoms with E-state index in [2.05, 4.69) is 10.5 Å². The number of nitrogens with zero attached hydrogens (tertiary/aromatic N) is 1. The molecule has 1 aromatic carbocycles. The van der Waals surface area contributed by atoms with E-state index in [9.17, 15) is 18.0 Å². The van der Waals surface area contributed by atoms with Crippen molar-refractivity contribution >= 4 is 12.0 Å². The molecule has 0 spiro atoms. The Morgan fingerprint density at radius 1 is 1.28 bits per heavy atom. The molecule has 1 aromatic rings. The summed E-state index contributed by atoms with van der Waals surface area (Å²) in [6.45, 7) is 5.31. The van der Waals surface area contributed by atoms with Gasteiger partial charge in [-0.2, -0.15) is 5.10 Å². The highest BCUT2D eigenvalue weighted by molar-refractivity contribution is 6.26. The van der Waals surface area contributed by atoms with E-state index in [1.807, 2.05) is 13.8 Å². The van der Waals surface area contributed by atoms with Gasteiger partial charge in [-0.1, -0.05) is 13.8 Å². The lowest BCUT2D eigenvalue weighted by atomic mass is 10.2. The van der Waals surface area contributed by atoms with Gasteiger partial charge in [0.2, 0.25) is 0 Å². The lowest BCUT2D eigenvalue weighted by Crippen LogP contribution is -2.08. The fourth-order valence-corrected chi connectivity index (χ4v) is 0.984. The van der Waals surface area contributed by atoms with Gasteiger partial charge in [-0.3, -0.25) is 4.79 Å². The number of hydrogen-bond donors (Lipinski definition) is 1. The lowest BCUT2D eigenvalue weighted by Gasteiger charge is -2.02. The summed E-state index contributed by atoms with van der Waals surface area (Å²) in [6.07, 6.45) is 1.02. The Hall–Kier alpha value is -1.85. The molecule has 0 heterocycles. The van der Waals surface area contributed by atoms with Crippen molar-refractivity contribution < 1.29 is 18.0 Å². The first-order chi connectivity index (χ1) is 8.50. The Labute approximate surface area is 104 Å². The van der Waals surface area contributed by atoms with Crippen LogP contribution in [0, 0.1) is 17.5 Å². The minimum Gasteiger partial charge on any atom is -0.306 e. The number of benzene rings is 1. The number of hydrazone groups is 1. The van der Waals surface area contributed by atoms with E-state index < -0.39 is 17.5 Å². The Bertz CT molecular complexity index is 410. The Kier molecular flexibility index (Phi) is 7.42. The van der Waals surface area contributed by atoms with Crippen LogP contribution in [0.3, 0.4) is 0 Å². The summed E-state index contributed by atoms with van der Waals surface area (Å²) in [6, 6.07) is 1.71. The first-order valence-electron chi connectivity index (χ1n) is 5.40. The average Bonchev–Trinajstić information content (AvgIpc) is 2.34. The summed E-state index contributed by atoms with van der Waals surface area (Å²) in [5.74, 6) is -4.28. The molecule has 100 valence electrons. The van der Waals surface area contributed by atoms with E-state index in [0.717, 1.165) is 18.3 Å². The van der Waals surface area contributed by atoms with Gasteiger partial charge in [0.25, 0.3) is 0 Å². The summed E-state index contributed by atoms with van der Waals surface area (Å²) in [7, 11) is 0. The predicted molar refractivity (Wildman–Crippen MR) is 63.7 cm³/mol. The second kappa shape index (κ2) is 8.27. The molecule has 6 heteroatoms. The monoisotopic (exact) mass is 260 g/mol. The van der Waals surface area contributed by atoms with Gasteiger partial charge in [0.15, 0.2) is 23.2 Å². The van der Waals surface area contributed by atoms with Crippen LogP contribution in [0.2, 0.25) is 0 Å². The van der Waals surface area contributed by atoms with Crippen LogP contribution in [0.1, 0.15) is 26.3 Å². The summed E-state index contributed by atoms with van der Waals surface area (Å²) >= 11 is 0. The fraction of sp³-hybridized carbons (Fsp3) is 0.333. The largest absolute Gasteiger partial charge is 0.306 e. The molecule has 0 aliphatic heterocycles. The third-order valence-electron chi connectivity index (χ3n) is 1.66. The predicted octanol–water partition coefficient (Wildman–Crippen LogP) is 2.79. The molecular formula is C12H15F3N2O. The standard InChI is InChI=1S/C10H9F3N2O.C2H6/c1-6(16)4-14-15-5-7-2-8(11)10(13)9(12)3-7;1-2/h2-4,15H,5H2,1H3;1-2H3/b14-4-;. The van der Waals surface area contributed by atoms with E-state index in [0.29, 0.717) is 0 Å². The Balaban J connectivity index is 0.00000137. The molecule has 1 N–H and O–H groups in total. The SMILES string of the molecule is CC.CC(=O)/C=N\NCc1cc(F)c(F)c(F)c1. The maximum Gasteiger partial charge on any atom is 0.194 e. The molecule has 18 heavy (non-hydrogen) atoms. The van der Waals surface area contributed by atoms with E-state index in [1.54, 1.807) is 0 Å². The molecule has 0 saturated carbocycles. The zero-order chi connectivity index (χ0) is 14.1. The van der Waals surface area contributed by atoms with Crippen LogP contribution >= 0.6 is 0 Å². The van der Waals surface area contributed by atoms with Gasteiger partial charge in [-0.15, -0.1) is 0 Å². The highest BCUT2D eigenvalue weighted by atomic mass is 19.2. The Morgan fingerprint density at radius 2 is 1.78 bits per heavy atom. The van der Waals surface area contributed by atoms with Crippen LogP contribution < -0.4 is 5.43 Å². The van der Waals surface area contributed by atoms with Crippen LogP contribution in [0.25, 0.3) is 0 Å². The third kappa shape index (κ3) is 5.47. The van der Waals surface area contributed by atoms with Crippen molar-refractivity contribution in [2.75, 3.05) is 0 Å². The second-order valence-corrected chi connectivity index (χ2v) is 3.08. The molecule has 1 rings (SSSR count). The first-order valence-corrected chi connectivity index (χ1v) is 5.40. The number of carbonyl (C=O) groups is 1. The molecule has 0 atom stereocenters. The smallest absolute Gasteiger partial charge is 0.194 e. The minimum absolute atomic E-state index is 0.00208. The van der Waals surface area contributed by atoms with Gasteiger partial charge >= 0.3 is 0 Å². The number of carbonyl (C=O) groups excluding carboxylic acids is 1. The lowest BCUT2D eigenvalue weighted by molar-refractivity contribution is -0.110. The van der Waals surface area contributed by atoms with Gasteiger partial charge in [-0.05, 0) is 17.7 Å². The van der Waals surface area contributed by atoms with Crippen LogP contribution in [0.4, 0.5) is 13.2 Å². The number of rotatable bonds is 4. The van der Waals surface area contributed by atoms with E-state index in [4.69, 9.17) is 0 Å². The summed E-state index contributed by atoms with van der Waals surface area (Å²) < 4.78 is 38.0. The quantitative estimate of drug-likeness (QED) is 0.514. The van der Waals surface area contributed by atoms with Crippen molar-refractivity contribution in [2.24, 2.45) is 5.10 Å². The normalized spacial score (nSPS) is 9.89. The topological polar surface area (TPSA) is 41.5 Å². The van der Waals surface area contributed by atoms with Gasteiger partial charge < -0.3 is 5.43 Å². The van der Waals surface area contributed by atoms with Gasteiger partial charge in [0.05, 0.1) is 12.8 Å². The van der Waals surface area contributed by atoms with Crippen LogP contribution in [0.15, 0.2) is 17.2 Å². The molecule has 0 saturated heterocycles. The van der Waals surface area contributed by atoms with Gasteiger partial charge in [0, 0.05) is 6.92 Å². The molecule has 3 nitrogen and oxygen atoms in total. The molecule has 0 radical (unpaired) electrons. The van der Waals surface area contributed by atoms with Gasteiger partial charge in [0.1, 0.15) is 0 Å². The molecule has 0 bridgehead atoms. The minimum atomic E-state index is -1.50. The number of hydrogen-bond acceptors (Lipinski definition) is 3. The van der Waals surface area contributed by atoms with Crippen molar-refractivity contribution in [1.29, 1.82) is 0 Å². The van der Waals surface area contributed by atoms with Crippen molar-refractivity contribution in [1.82, 2.24) is 5.43 Å². The molecular weight excluding hydrogens is 245 g/mol. The van der Waals surface area contributed by atoms with Crippen LogP contribution in [0.5, 0.6) is 0 Å². The van der Waals surface area contributed by atoms with Crippen LogP contribution in [-0.2, 0) is 11.3 Å². The van der Waals surface area contributed by atoms with E-state index >= 15 is 0 Å². The molecule has 0 amide bonds. The number of Topliss-reactive ketones (excluding diaryl/α,β-unsaturated/α-hetero) is 1.